The number of nitrogens with zero attached hydrogens (tertiary/aromatic N) is 2. The molecule has 0 radical (unpaired) electrons. The fourth-order valence-electron chi connectivity index (χ4n) is 2.32. The van der Waals surface area contributed by atoms with Crippen molar-refractivity contribution in [1.82, 2.24) is 9.80 Å². The van der Waals surface area contributed by atoms with E-state index in [-0.39, 0.29) is 30.9 Å². The van der Waals surface area contributed by atoms with Crippen LogP contribution in [0.15, 0.2) is 0 Å². The van der Waals surface area contributed by atoms with Gasteiger partial charge in [-0.05, 0) is 19.3 Å². The van der Waals surface area contributed by atoms with E-state index < -0.39 is 6.10 Å². The normalized spacial score (nSPS) is 32.7. The molecule has 1 N–H and O–H groups in total. The number of carbonyl (C=O) groups is 2. The summed E-state index contributed by atoms with van der Waals surface area (Å²) in [6.45, 7) is 0.263. The van der Waals surface area contributed by atoms with Crippen molar-refractivity contribution in [3.63, 3.8) is 0 Å². The van der Waals surface area contributed by atoms with E-state index in [1.807, 2.05) is 0 Å². The van der Waals surface area contributed by atoms with Gasteiger partial charge in [-0.2, -0.15) is 0 Å². The van der Waals surface area contributed by atoms with E-state index >= 15 is 0 Å². The SMILES string of the molecule is CN1CC(=O)N([C@H]2CCC[C@@H]2O)CC1=O. The van der Waals surface area contributed by atoms with E-state index in [1.165, 1.54) is 4.90 Å². The molecule has 2 atom stereocenters. The number of aliphatic hydroxyl groups excluding tert-OH is 1. The molecule has 0 unspecified atom stereocenters. The Bertz CT molecular complexity index is 292. The maximum atomic E-state index is 11.7. The van der Waals surface area contributed by atoms with Crippen molar-refractivity contribution in [2.24, 2.45) is 0 Å². The molecule has 0 aromatic carbocycles. The molecule has 2 fully saturated rings. The van der Waals surface area contributed by atoms with Crippen LogP contribution in [-0.4, -0.2) is 59.0 Å². The van der Waals surface area contributed by atoms with E-state index in [4.69, 9.17) is 0 Å². The van der Waals surface area contributed by atoms with E-state index in [2.05, 4.69) is 0 Å². The molecule has 1 saturated heterocycles. The summed E-state index contributed by atoms with van der Waals surface area (Å²) in [5.74, 6) is -0.100. The highest BCUT2D eigenvalue weighted by atomic mass is 16.3. The zero-order valence-electron chi connectivity index (χ0n) is 8.85. The van der Waals surface area contributed by atoms with Crippen LogP contribution >= 0.6 is 0 Å². The quantitative estimate of drug-likeness (QED) is 0.619. The third-order valence-electron chi connectivity index (χ3n) is 3.27. The number of rotatable bonds is 1. The van der Waals surface area contributed by atoms with Crippen LogP contribution in [0.3, 0.4) is 0 Å². The van der Waals surface area contributed by atoms with Gasteiger partial charge in [0.1, 0.15) is 6.54 Å². The van der Waals surface area contributed by atoms with Crippen molar-refractivity contribution in [3.05, 3.63) is 0 Å². The molecular formula is C10H16N2O3. The lowest BCUT2D eigenvalue weighted by molar-refractivity contribution is -0.152. The molecule has 1 aliphatic carbocycles. The van der Waals surface area contributed by atoms with Crippen molar-refractivity contribution in [2.45, 2.75) is 31.4 Å². The molecule has 1 heterocycles. The summed E-state index contributed by atoms with van der Waals surface area (Å²) in [6.07, 6.45) is 2.02. The lowest BCUT2D eigenvalue weighted by atomic mass is 10.1. The summed E-state index contributed by atoms with van der Waals surface area (Å²) < 4.78 is 0. The molecule has 1 saturated carbocycles. The maximum absolute atomic E-state index is 11.7. The van der Waals surface area contributed by atoms with Gasteiger partial charge in [0.15, 0.2) is 0 Å². The first-order chi connectivity index (χ1) is 7.09. The third kappa shape index (κ3) is 1.84. The van der Waals surface area contributed by atoms with Crippen LogP contribution in [0, 0.1) is 0 Å². The summed E-state index contributed by atoms with van der Waals surface area (Å²) in [4.78, 5) is 26.1. The zero-order valence-corrected chi connectivity index (χ0v) is 8.85. The van der Waals surface area contributed by atoms with Gasteiger partial charge < -0.3 is 14.9 Å². The molecule has 5 nitrogen and oxygen atoms in total. The van der Waals surface area contributed by atoms with Crippen LogP contribution in [0.25, 0.3) is 0 Å². The first-order valence-corrected chi connectivity index (χ1v) is 5.31. The average Bonchev–Trinajstić information content (AvgIpc) is 2.58. The highest BCUT2D eigenvalue weighted by Gasteiger charge is 2.38. The minimum atomic E-state index is -0.454. The Morgan fingerprint density at radius 1 is 1.20 bits per heavy atom. The predicted molar refractivity (Wildman–Crippen MR) is 53.0 cm³/mol. The highest BCUT2D eigenvalue weighted by Crippen LogP contribution is 2.25. The number of aliphatic hydroxyl groups is 1. The van der Waals surface area contributed by atoms with E-state index in [0.717, 1.165) is 19.3 Å². The number of carbonyl (C=O) groups excluding carboxylic acids is 2. The van der Waals surface area contributed by atoms with Gasteiger partial charge in [0, 0.05) is 7.05 Å². The van der Waals surface area contributed by atoms with Crippen molar-refractivity contribution < 1.29 is 14.7 Å². The minimum absolute atomic E-state index is 0.0475. The Hall–Kier alpha value is -1.10. The molecule has 0 spiro atoms. The van der Waals surface area contributed by atoms with Crippen LogP contribution in [0.5, 0.6) is 0 Å². The van der Waals surface area contributed by atoms with E-state index in [9.17, 15) is 14.7 Å². The van der Waals surface area contributed by atoms with Gasteiger partial charge in [-0.1, -0.05) is 0 Å². The number of likely N-dealkylation sites (N-methyl/N-ethyl adjacent to an activating group) is 1. The minimum Gasteiger partial charge on any atom is -0.391 e. The van der Waals surface area contributed by atoms with Crippen LogP contribution in [0.4, 0.5) is 0 Å². The number of amides is 2. The van der Waals surface area contributed by atoms with Crippen LogP contribution in [0.1, 0.15) is 19.3 Å². The Labute approximate surface area is 88.6 Å². The molecule has 2 rings (SSSR count). The van der Waals surface area contributed by atoms with Crippen LogP contribution in [-0.2, 0) is 9.59 Å². The number of hydrogen-bond donors (Lipinski definition) is 1. The van der Waals surface area contributed by atoms with Crippen molar-refractivity contribution in [2.75, 3.05) is 20.1 Å². The van der Waals surface area contributed by atoms with Gasteiger partial charge in [-0.3, -0.25) is 9.59 Å². The summed E-state index contributed by atoms with van der Waals surface area (Å²) >= 11 is 0. The molecule has 5 heteroatoms. The Kier molecular flexibility index (Phi) is 2.65. The van der Waals surface area contributed by atoms with Gasteiger partial charge >= 0.3 is 0 Å². The van der Waals surface area contributed by atoms with E-state index in [1.54, 1.807) is 11.9 Å². The standard InChI is InChI=1S/C10H16N2O3/c1-11-5-10(15)12(6-9(11)14)7-3-2-4-8(7)13/h7-8,13H,2-6H2,1H3/t7-,8-/m0/s1. The lowest BCUT2D eigenvalue weighted by Gasteiger charge is -2.36. The van der Waals surface area contributed by atoms with Gasteiger partial charge in [-0.15, -0.1) is 0 Å². The van der Waals surface area contributed by atoms with Gasteiger partial charge in [0.05, 0.1) is 18.7 Å². The average molecular weight is 212 g/mol. The Morgan fingerprint density at radius 2 is 1.93 bits per heavy atom. The van der Waals surface area contributed by atoms with Crippen molar-refractivity contribution >= 4 is 11.8 Å². The second-order valence-electron chi connectivity index (χ2n) is 4.34. The summed E-state index contributed by atoms with van der Waals surface area (Å²) in [5.41, 5.74) is 0. The molecular weight excluding hydrogens is 196 g/mol. The lowest BCUT2D eigenvalue weighted by Crippen LogP contribution is -2.57. The van der Waals surface area contributed by atoms with Crippen LogP contribution < -0.4 is 0 Å². The van der Waals surface area contributed by atoms with E-state index in [0.29, 0.717) is 0 Å². The molecule has 2 aliphatic rings. The van der Waals surface area contributed by atoms with Crippen molar-refractivity contribution in [3.8, 4) is 0 Å². The smallest absolute Gasteiger partial charge is 0.242 e. The monoisotopic (exact) mass is 212 g/mol. The molecule has 2 amide bonds. The topological polar surface area (TPSA) is 60.9 Å². The van der Waals surface area contributed by atoms with Gasteiger partial charge in [0.25, 0.3) is 0 Å². The molecule has 84 valence electrons. The second-order valence-corrected chi connectivity index (χ2v) is 4.34. The first-order valence-electron chi connectivity index (χ1n) is 5.31. The molecule has 15 heavy (non-hydrogen) atoms. The highest BCUT2D eigenvalue weighted by molar-refractivity contribution is 5.92. The third-order valence-corrected chi connectivity index (χ3v) is 3.27. The fourth-order valence-corrected chi connectivity index (χ4v) is 2.32. The summed E-state index contributed by atoms with van der Waals surface area (Å²) in [6, 6.07) is -0.143. The summed E-state index contributed by atoms with van der Waals surface area (Å²) in [5, 5.41) is 9.69. The molecule has 1 aliphatic heterocycles. The maximum Gasteiger partial charge on any atom is 0.242 e. The summed E-state index contributed by atoms with van der Waals surface area (Å²) in [7, 11) is 1.63. The molecule has 0 aromatic rings. The van der Waals surface area contributed by atoms with Crippen LogP contribution in [0.2, 0.25) is 0 Å². The first kappa shape index (κ1) is 10.4. The zero-order chi connectivity index (χ0) is 11.0. The Morgan fingerprint density at radius 3 is 2.53 bits per heavy atom. The molecule has 0 aromatic heterocycles. The second kappa shape index (κ2) is 3.81. The number of hydrogen-bond acceptors (Lipinski definition) is 3. The predicted octanol–water partition coefficient (Wildman–Crippen LogP) is -0.800. The fraction of sp³-hybridized carbons (Fsp3) is 0.800. The van der Waals surface area contributed by atoms with Crippen molar-refractivity contribution in [1.29, 1.82) is 0 Å². The Balaban J connectivity index is 2.08. The van der Waals surface area contributed by atoms with Gasteiger partial charge in [-0.25, -0.2) is 0 Å². The molecule has 0 bridgehead atoms. The number of piperazine rings is 1. The largest absolute Gasteiger partial charge is 0.391 e. The van der Waals surface area contributed by atoms with Gasteiger partial charge in [0.2, 0.25) is 11.8 Å².